The van der Waals surface area contributed by atoms with Crippen molar-refractivity contribution in [2.75, 3.05) is 6.61 Å². The summed E-state index contributed by atoms with van der Waals surface area (Å²) in [6.45, 7) is 4.18. The fourth-order valence-electron chi connectivity index (χ4n) is 3.41. The molecule has 1 atom stereocenters. The van der Waals surface area contributed by atoms with Crippen LogP contribution in [0, 0.1) is 6.92 Å². The molecule has 0 spiro atoms. The first-order chi connectivity index (χ1) is 15.1. The van der Waals surface area contributed by atoms with Gasteiger partial charge in [0.1, 0.15) is 29.4 Å². The number of benzene rings is 2. The van der Waals surface area contributed by atoms with Crippen LogP contribution in [0.2, 0.25) is 0 Å². The Morgan fingerprint density at radius 3 is 2.71 bits per heavy atom. The molecule has 2 heterocycles. The molecule has 0 aliphatic rings. The van der Waals surface area contributed by atoms with E-state index < -0.39 is 12.1 Å². The van der Waals surface area contributed by atoms with E-state index in [9.17, 15) is 9.90 Å². The molecule has 1 N–H and O–H groups in total. The lowest BCUT2D eigenvalue weighted by Gasteiger charge is -2.13. The van der Waals surface area contributed by atoms with Crippen LogP contribution in [0.15, 0.2) is 63.6 Å². The molecule has 4 aromatic rings. The third kappa shape index (κ3) is 4.46. The zero-order valence-corrected chi connectivity index (χ0v) is 17.3. The maximum Gasteiger partial charge on any atom is 0.333 e. The Morgan fingerprint density at radius 2 is 1.97 bits per heavy atom. The average molecular weight is 421 g/mol. The molecule has 1 unspecified atom stereocenters. The predicted octanol–water partition coefficient (Wildman–Crippen LogP) is 5.01. The molecule has 160 valence electrons. The van der Waals surface area contributed by atoms with Gasteiger partial charge in [0.25, 0.3) is 0 Å². The minimum absolute atomic E-state index is 0.205. The number of ether oxygens (including phenoxy) is 2. The minimum Gasteiger partial charge on any atom is -0.486 e. The summed E-state index contributed by atoms with van der Waals surface area (Å²) in [5.74, 6) is 0.869. The lowest BCUT2D eigenvalue weighted by molar-refractivity contribution is -0.149. The first kappa shape index (κ1) is 20.7. The molecule has 2 aromatic carbocycles. The van der Waals surface area contributed by atoms with Crippen molar-refractivity contribution in [1.29, 1.82) is 0 Å². The van der Waals surface area contributed by atoms with Gasteiger partial charge in [0.05, 0.1) is 11.6 Å². The van der Waals surface area contributed by atoms with Crippen molar-refractivity contribution in [2.24, 2.45) is 0 Å². The molecule has 4 rings (SSSR count). The van der Waals surface area contributed by atoms with E-state index in [0.717, 1.165) is 16.5 Å². The van der Waals surface area contributed by atoms with Gasteiger partial charge in [-0.05, 0) is 43.7 Å². The van der Waals surface area contributed by atoms with Crippen LogP contribution in [-0.2, 0) is 22.6 Å². The first-order valence-corrected chi connectivity index (χ1v) is 10.0. The van der Waals surface area contributed by atoms with Crippen molar-refractivity contribution < 1.29 is 28.2 Å². The van der Waals surface area contributed by atoms with Crippen LogP contribution >= 0.6 is 0 Å². The van der Waals surface area contributed by atoms with E-state index in [4.69, 9.17) is 18.3 Å². The first-order valence-electron chi connectivity index (χ1n) is 10.0. The highest BCUT2D eigenvalue weighted by Crippen LogP contribution is 2.32. The summed E-state index contributed by atoms with van der Waals surface area (Å²) in [4.78, 5) is 16.0. The van der Waals surface area contributed by atoms with E-state index in [1.54, 1.807) is 25.3 Å². The highest BCUT2D eigenvalue weighted by atomic mass is 16.5. The molecule has 7 heteroatoms. The Bertz CT molecular complexity index is 1180. The highest BCUT2D eigenvalue weighted by molar-refractivity contribution is 5.87. The summed E-state index contributed by atoms with van der Waals surface area (Å²) < 4.78 is 22.8. The number of carboxylic acid groups (broad SMARTS) is 1. The Balaban J connectivity index is 1.53. The third-order valence-electron chi connectivity index (χ3n) is 4.98. The van der Waals surface area contributed by atoms with Gasteiger partial charge in [-0.1, -0.05) is 24.3 Å². The number of hydrogen-bond acceptors (Lipinski definition) is 6. The smallest absolute Gasteiger partial charge is 0.333 e. The molecule has 0 aliphatic heterocycles. The monoisotopic (exact) mass is 421 g/mol. The molecular weight excluding hydrogens is 398 g/mol. The Hall–Kier alpha value is -3.58. The highest BCUT2D eigenvalue weighted by Gasteiger charge is 2.21. The zero-order valence-electron chi connectivity index (χ0n) is 17.3. The average Bonchev–Trinajstić information content (AvgIpc) is 3.40. The van der Waals surface area contributed by atoms with Crippen molar-refractivity contribution in [1.82, 2.24) is 4.98 Å². The third-order valence-corrected chi connectivity index (χ3v) is 4.98. The molecule has 0 bridgehead atoms. The lowest BCUT2D eigenvalue weighted by Crippen LogP contribution is -2.26. The summed E-state index contributed by atoms with van der Waals surface area (Å²) in [7, 11) is 0. The maximum absolute atomic E-state index is 11.4. The predicted molar refractivity (Wildman–Crippen MR) is 114 cm³/mol. The van der Waals surface area contributed by atoms with Crippen LogP contribution in [0.4, 0.5) is 0 Å². The number of carboxylic acids is 1. The molecule has 0 radical (unpaired) electrons. The van der Waals surface area contributed by atoms with Crippen LogP contribution in [-0.4, -0.2) is 28.8 Å². The van der Waals surface area contributed by atoms with E-state index in [2.05, 4.69) is 4.98 Å². The van der Waals surface area contributed by atoms with E-state index in [1.165, 1.54) is 0 Å². The second kappa shape index (κ2) is 9.06. The molecule has 0 fully saturated rings. The second-order valence-corrected chi connectivity index (χ2v) is 7.05. The molecule has 2 aromatic heterocycles. The van der Waals surface area contributed by atoms with Gasteiger partial charge in [0, 0.05) is 18.6 Å². The van der Waals surface area contributed by atoms with Gasteiger partial charge in [0.15, 0.2) is 6.10 Å². The lowest BCUT2D eigenvalue weighted by atomic mass is 10.0. The van der Waals surface area contributed by atoms with Crippen molar-refractivity contribution >= 4 is 16.9 Å². The standard InChI is InChI=1S/C24H23NO6/c1-3-28-21(24(26)27)13-17-9-10-20(18-11-12-29-22(17)18)30-14-19-15(2)31-23(25-19)16-7-5-4-6-8-16/h4-12,21H,3,13-14H2,1-2H3,(H,26,27). The number of rotatable bonds is 9. The van der Waals surface area contributed by atoms with Crippen molar-refractivity contribution in [2.45, 2.75) is 33.0 Å². The number of furan rings is 1. The van der Waals surface area contributed by atoms with E-state index in [0.29, 0.717) is 35.3 Å². The van der Waals surface area contributed by atoms with Crippen molar-refractivity contribution in [3.63, 3.8) is 0 Å². The van der Waals surface area contributed by atoms with Gasteiger partial charge in [-0.15, -0.1) is 0 Å². The molecule has 7 nitrogen and oxygen atoms in total. The summed E-state index contributed by atoms with van der Waals surface area (Å²) in [6, 6.07) is 15.1. The number of hydrogen-bond donors (Lipinski definition) is 1. The van der Waals surface area contributed by atoms with E-state index in [1.807, 2.05) is 43.3 Å². The Morgan fingerprint density at radius 1 is 1.16 bits per heavy atom. The van der Waals surface area contributed by atoms with Crippen LogP contribution in [0.3, 0.4) is 0 Å². The fourth-order valence-corrected chi connectivity index (χ4v) is 3.41. The van der Waals surface area contributed by atoms with Gasteiger partial charge in [-0.2, -0.15) is 0 Å². The number of fused-ring (bicyclic) bond motifs is 1. The molecule has 0 aliphatic carbocycles. The Kier molecular flexibility index (Phi) is 6.04. The summed E-state index contributed by atoms with van der Waals surface area (Å²) in [6.07, 6.45) is 0.835. The molecular formula is C24H23NO6. The quantitative estimate of drug-likeness (QED) is 0.406. The van der Waals surface area contributed by atoms with Crippen molar-refractivity contribution in [3.05, 3.63) is 71.8 Å². The van der Waals surface area contributed by atoms with E-state index in [-0.39, 0.29) is 13.0 Å². The second-order valence-electron chi connectivity index (χ2n) is 7.05. The van der Waals surface area contributed by atoms with Crippen LogP contribution < -0.4 is 4.74 Å². The van der Waals surface area contributed by atoms with Crippen LogP contribution in [0.25, 0.3) is 22.4 Å². The van der Waals surface area contributed by atoms with Gasteiger partial charge >= 0.3 is 5.97 Å². The van der Waals surface area contributed by atoms with Gasteiger partial charge in [0.2, 0.25) is 5.89 Å². The van der Waals surface area contributed by atoms with E-state index >= 15 is 0 Å². The number of carbonyl (C=O) groups is 1. The van der Waals surface area contributed by atoms with Gasteiger partial charge in [-0.3, -0.25) is 0 Å². The number of nitrogens with zero attached hydrogens (tertiary/aromatic N) is 1. The largest absolute Gasteiger partial charge is 0.486 e. The number of aryl methyl sites for hydroxylation is 1. The minimum atomic E-state index is -1.00. The molecule has 0 saturated carbocycles. The number of aliphatic carboxylic acids is 1. The maximum atomic E-state index is 11.4. The zero-order chi connectivity index (χ0) is 21.8. The molecule has 31 heavy (non-hydrogen) atoms. The van der Waals surface area contributed by atoms with Crippen LogP contribution in [0.5, 0.6) is 5.75 Å². The fraction of sp³-hybridized carbons (Fsp3) is 0.250. The van der Waals surface area contributed by atoms with Crippen LogP contribution in [0.1, 0.15) is 23.9 Å². The topological polar surface area (TPSA) is 94.9 Å². The van der Waals surface area contributed by atoms with Gasteiger partial charge < -0.3 is 23.4 Å². The Labute approximate surface area is 179 Å². The van der Waals surface area contributed by atoms with Crippen molar-refractivity contribution in [3.8, 4) is 17.2 Å². The SMILES string of the molecule is CCOC(Cc1ccc(OCc2nc(-c3ccccc3)oc2C)c2ccoc12)C(=O)O. The van der Waals surface area contributed by atoms with Gasteiger partial charge in [-0.25, -0.2) is 9.78 Å². The number of oxazole rings is 1. The molecule has 0 amide bonds. The summed E-state index contributed by atoms with van der Waals surface area (Å²) in [5, 5.41) is 10.1. The summed E-state index contributed by atoms with van der Waals surface area (Å²) in [5.41, 5.74) is 2.95. The normalized spacial score (nSPS) is 12.2. The number of aromatic nitrogens is 1. The summed E-state index contributed by atoms with van der Waals surface area (Å²) >= 11 is 0. The molecule has 0 saturated heterocycles.